The van der Waals surface area contributed by atoms with Crippen molar-refractivity contribution in [3.8, 4) is 5.75 Å². The standard InChI is InChI=1S/C13H21N3O2S/c1-4-15-12(17)11-9(14)10(18-3)13(19-11)16(2)7-8-5-6-8/h8H,4-7,14H2,1-3H3,(H,15,17). The Balaban J connectivity index is 2.26. The fraction of sp³-hybridized carbons (Fsp3) is 0.615. The Hall–Kier alpha value is -1.43. The molecule has 0 unspecified atom stereocenters. The highest BCUT2D eigenvalue weighted by Gasteiger charge is 2.28. The molecule has 1 heterocycles. The summed E-state index contributed by atoms with van der Waals surface area (Å²) < 4.78 is 5.37. The second-order valence-corrected chi connectivity index (χ2v) is 5.87. The average molecular weight is 283 g/mol. The summed E-state index contributed by atoms with van der Waals surface area (Å²) in [6.45, 7) is 3.47. The fourth-order valence-electron chi connectivity index (χ4n) is 2.04. The second-order valence-electron chi connectivity index (χ2n) is 4.87. The maximum absolute atomic E-state index is 11.9. The van der Waals surface area contributed by atoms with E-state index in [0.29, 0.717) is 22.9 Å². The summed E-state index contributed by atoms with van der Waals surface area (Å²) in [6, 6.07) is 0. The van der Waals surface area contributed by atoms with Crippen molar-refractivity contribution in [3.63, 3.8) is 0 Å². The number of hydrogen-bond donors (Lipinski definition) is 2. The lowest BCUT2D eigenvalue weighted by molar-refractivity contribution is 0.0960. The number of nitrogens with zero attached hydrogens (tertiary/aromatic N) is 1. The lowest BCUT2D eigenvalue weighted by Gasteiger charge is -2.18. The van der Waals surface area contributed by atoms with Crippen LogP contribution in [0.3, 0.4) is 0 Å². The van der Waals surface area contributed by atoms with Gasteiger partial charge in [0.15, 0.2) is 5.75 Å². The molecule has 0 aromatic carbocycles. The molecule has 0 atom stereocenters. The van der Waals surface area contributed by atoms with Crippen molar-refractivity contribution in [1.29, 1.82) is 0 Å². The molecule has 1 saturated carbocycles. The van der Waals surface area contributed by atoms with Crippen LogP contribution < -0.4 is 20.7 Å². The first-order chi connectivity index (χ1) is 9.08. The van der Waals surface area contributed by atoms with Crippen LogP contribution in [0, 0.1) is 5.92 Å². The second kappa shape index (κ2) is 5.69. The van der Waals surface area contributed by atoms with Crippen LogP contribution in [0.15, 0.2) is 0 Å². The van der Waals surface area contributed by atoms with Gasteiger partial charge < -0.3 is 20.7 Å². The van der Waals surface area contributed by atoms with Crippen LogP contribution >= 0.6 is 11.3 Å². The molecule has 1 aliphatic carbocycles. The van der Waals surface area contributed by atoms with Crippen LogP contribution in [0.2, 0.25) is 0 Å². The molecule has 6 heteroatoms. The Morgan fingerprint density at radius 3 is 2.79 bits per heavy atom. The monoisotopic (exact) mass is 283 g/mol. The van der Waals surface area contributed by atoms with Crippen molar-refractivity contribution in [2.24, 2.45) is 5.92 Å². The first-order valence-corrected chi connectivity index (χ1v) is 7.35. The van der Waals surface area contributed by atoms with E-state index in [1.807, 2.05) is 14.0 Å². The van der Waals surface area contributed by atoms with Gasteiger partial charge in [0.1, 0.15) is 15.6 Å². The number of amides is 1. The largest absolute Gasteiger partial charge is 0.492 e. The summed E-state index contributed by atoms with van der Waals surface area (Å²) >= 11 is 1.40. The van der Waals surface area contributed by atoms with Gasteiger partial charge in [-0.05, 0) is 25.7 Å². The van der Waals surface area contributed by atoms with E-state index in [0.717, 1.165) is 17.5 Å². The van der Waals surface area contributed by atoms with Crippen LogP contribution in [-0.2, 0) is 0 Å². The number of thiophene rings is 1. The van der Waals surface area contributed by atoms with E-state index in [4.69, 9.17) is 10.5 Å². The molecule has 1 aliphatic rings. The van der Waals surface area contributed by atoms with Crippen molar-refractivity contribution in [3.05, 3.63) is 4.88 Å². The van der Waals surface area contributed by atoms with Crippen LogP contribution in [0.5, 0.6) is 5.75 Å². The first kappa shape index (κ1) is 14.0. The van der Waals surface area contributed by atoms with Crippen molar-refractivity contribution < 1.29 is 9.53 Å². The summed E-state index contributed by atoms with van der Waals surface area (Å²) in [5.74, 6) is 1.26. The van der Waals surface area contributed by atoms with E-state index in [9.17, 15) is 4.79 Å². The number of rotatable bonds is 6. The molecular weight excluding hydrogens is 262 g/mol. The normalized spacial score (nSPS) is 14.3. The third-order valence-electron chi connectivity index (χ3n) is 3.21. The van der Waals surface area contributed by atoms with Crippen molar-refractivity contribution in [2.75, 3.05) is 37.9 Å². The number of nitrogens with one attached hydrogen (secondary N) is 1. The minimum atomic E-state index is -0.130. The molecule has 0 spiro atoms. The van der Waals surface area contributed by atoms with Crippen LogP contribution in [0.25, 0.3) is 0 Å². The highest BCUT2D eigenvalue weighted by Crippen LogP contribution is 2.45. The van der Waals surface area contributed by atoms with Gasteiger partial charge in [-0.1, -0.05) is 0 Å². The van der Waals surface area contributed by atoms with E-state index in [1.54, 1.807) is 7.11 Å². The Kier molecular flexibility index (Phi) is 4.19. The molecule has 1 fully saturated rings. The molecule has 106 valence electrons. The molecule has 0 saturated heterocycles. The molecule has 1 aromatic rings. The van der Waals surface area contributed by atoms with Gasteiger partial charge in [-0.2, -0.15) is 0 Å². The minimum Gasteiger partial charge on any atom is -0.492 e. The van der Waals surface area contributed by atoms with E-state index in [1.165, 1.54) is 24.2 Å². The van der Waals surface area contributed by atoms with E-state index in [-0.39, 0.29) is 5.91 Å². The predicted molar refractivity (Wildman–Crippen MR) is 79.3 cm³/mol. The van der Waals surface area contributed by atoms with Gasteiger partial charge >= 0.3 is 0 Å². The van der Waals surface area contributed by atoms with E-state index >= 15 is 0 Å². The number of methoxy groups -OCH3 is 1. The Bertz CT molecular complexity index is 469. The van der Waals surface area contributed by atoms with Crippen LogP contribution in [-0.4, -0.2) is 33.2 Å². The molecule has 0 radical (unpaired) electrons. The third kappa shape index (κ3) is 2.94. The van der Waals surface area contributed by atoms with Crippen molar-refractivity contribution in [2.45, 2.75) is 19.8 Å². The summed E-state index contributed by atoms with van der Waals surface area (Å²) in [5, 5.41) is 3.71. The minimum absolute atomic E-state index is 0.130. The maximum Gasteiger partial charge on any atom is 0.263 e. The predicted octanol–water partition coefficient (Wildman–Crippen LogP) is 1.93. The number of carbonyl (C=O) groups is 1. The molecular formula is C13H21N3O2S. The third-order valence-corrected chi connectivity index (χ3v) is 4.51. The van der Waals surface area contributed by atoms with Crippen LogP contribution in [0.1, 0.15) is 29.4 Å². The number of carbonyl (C=O) groups excluding carboxylic acids is 1. The SMILES string of the molecule is CCNC(=O)c1sc(N(C)CC2CC2)c(OC)c1N. The van der Waals surface area contributed by atoms with Crippen molar-refractivity contribution in [1.82, 2.24) is 5.32 Å². The molecule has 1 aromatic heterocycles. The van der Waals surface area contributed by atoms with Gasteiger partial charge in [0, 0.05) is 20.1 Å². The summed E-state index contributed by atoms with van der Waals surface area (Å²) in [4.78, 5) is 14.6. The number of ether oxygens (including phenoxy) is 1. The quantitative estimate of drug-likeness (QED) is 0.837. The molecule has 0 bridgehead atoms. The number of hydrogen-bond acceptors (Lipinski definition) is 5. The zero-order valence-corrected chi connectivity index (χ0v) is 12.5. The molecule has 5 nitrogen and oxygen atoms in total. The zero-order chi connectivity index (χ0) is 14.0. The highest BCUT2D eigenvalue weighted by atomic mass is 32.1. The first-order valence-electron chi connectivity index (χ1n) is 6.54. The van der Waals surface area contributed by atoms with Gasteiger partial charge in [-0.3, -0.25) is 4.79 Å². The Morgan fingerprint density at radius 1 is 1.58 bits per heavy atom. The smallest absolute Gasteiger partial charge is 0.263 e. The summed E-state index contributed by atoms with van der Waals surface area (Å²) in [5.41, 5.74) is 6.47. The van der Waals surface area contributed by atoms with E-state index in [2.05, 4.69) is 10.2 Å². The van der Waals surface area contributed by atoms with Gasteiger partial charge in [0.2, 0.25) is 0 Å². The Labute approximate surface area is 117 Å². The highest BCUT2D eigenvalue weighted by molar-refractivity contribution is 7.19. The Morgan fingerprint density at radius 2 is 2.26 bits per heavy atom. The summed E-state index contributed by atoms with van der Waals surface area (Å²) in [6.07, 6.45) is 2.58. The summed E-state index contributed by atoms with van der Waals surface area (Å²) in [7, 11) is 3.61. The number of nitrogens with two attached hydrogens (primary N) is 1. The van der Waals surface area contributed by atoms with Gasteiger partial charge in [0.05, 0.1) is 7.11 Å². The number of nitrogen functional groups attached to an aromatic ring is 1. The molecule has 2 rings (SSSR count). The molecule has 3 N–H and O–H groups in total. The zero-order valence-electron chi connectivity index (χ0n) is 11.7. The topological polar surface area (TPSA) is 67.6 Å². The molecule has 19 heavy (non-hydrogen) atoms. The lowest BCUT2D eigenvalue weighted by Crippen LogP contribution is -2.22. The molecule has 0 aliphatic heterocycles. The van der Waals surface area contributed by atoms with Gasteiger partial charge in [-0.15, -0.1) is 11.3 Å². The van der Waals surface area contributed by atoms with Crippen LogP contribution in [0.4, 0.5) is 10.7 Å². The van der Waals surface area contributed by atoms with Gasteiger partial charge in [-0.25, -0.2) is 0 Å². The lowest BCUT2D eigenvalue weighted by atomic mass is 10.3. The maximum atomic E-state index is 11.9. The molecule has 1 amide bonds. The van der Waals surface area contributed by atoms with Crippen molar-refractivity contribution >= 4 is 27.9 Å². The van der Waals surface area contributed by atoms with Gasteiger partial charge in [0.25, 0.3) is 5.91 Å². The fourth-order valence-corrected chi connectivity index (χ4v) is 3.12. The van der Waals surface area contributed by atoms with E-state index < -0.39 is 0 Å². The number of anilines is 2. The average Bonchev–Trinajstić information content (AvgIpc) is 3.11.